The third kappa shape index (κ3) is 3.82. The van der Waals surface area contributed by atoms with Gasteiger partial charge in [-0.2, -0.15) is 0 Å². The van der Waals surface area contributed by atoms with Gasteiger partial charge in [-0.3, -0.25) is 4.79 Å². The van der Waals surface area contributed by atoms with Crippen molar-refractivity contribution in [2.75, 3.05) is 6.61 Å². The van der Waals surface area contributed by atoms with Crippen LogP contribution in [0.5, 0.6) is 5.75 Å². The zero-order valence-electron chi connectivity index (χ0n) is 11.9. The molecule has 0 radical (unpaired) electrons. The molecule has 0 bridgehead atoms. The van der Waals surface area contributed by atoms with Crippen molar-refractivity contribution in [2.45, 2.75) is 51.9 Å². The molecule has 0 aliphatic carbocycles. The number of Topliss-reactive ketones (excluding diaryl/α,β-unsaturated/α-hetero) is 1. The van der Waals surface area contributed by atoms with E-state index in [2.05, 4.69) is 6.92 Å². The first kappa shape index (κ1) is 14.1. The van der Waals surface area contributed by atoms with Crippen LogP contribution in [0.25, 0.3) is 0 Å². The van der Waals surface area contributed by atoms with Crippen LogP contribution < -0.4 is 4.74 Å². The maximum absolute atomic E-state index is 12.3. The Morgan fingerprint density at radius 1 is 1.11 bits per heavy atom. The zero-order chi connectivity index (χ0) is 13.5. The van der Waals surface area contributed by atoms with Gasteiger partial charge in [-0.05, 0) is 18.6 Å². The molecule has 1 aliphatic rings. The number of benzene rings is 1. The predicted molar refractivity (Wildman–Crippen MR) is 77.8 cm³/mol. The molecule has 1 atom stereocenters. The van der Waals surface area contributed by atoms with Gasteiger partial charge in [-0.25, -0.2) is 0 Å². The summed E-state index contributed by atoms with van der Waals surface area (Å²) in [5.41, 5.74) is 0.768. The van der Waals surface area contributed by atoms with Gasteiger partial charge in [0, 0.05) is 0 Å². The molecular weight excluding hydrogens is 236 g/mol. The number of rotatable bonds is 7. The second kappa shape index (κ2) is 7.32. The quantitative estimate of drug-likeness (QED) is 0.668. The fourth-order valence-electron chi connectivity index (χ4n) is 2.67. The highest BCUT2D eigenvalue weighted by molar-refractivity contribution is 6.01. The van der Waals surface area contributed by atoms with Crippen LogP contribution in [0.2, 0.25) is 0 Å². The van der Waals surface area contributed by atoms with E-state index in [4.69, 9.17) is 4.74 Å². The molecule has 2 rings (SSSR count). The molecule has 2 nitrogen and oxygen atoms in total. The van der Waals surface area contributed by atoms with Gasteiger partial charge in [0.1, 0.15) is 5.75 Å². The molecular formula is C17H24O2. The summed E-state index contributed by atoms with van der Waals surface area (Å²) < 4.78 is 5.68. The minimum atomic E-state index is 0.0704. The third-order valence-corrected chi connectivity index (χ3v) is 3.87. The van der Waals surface area contributed by atoms with Crippen molar-refractivity contribution in [1.29, 1.82) is 0 Å². The molecule has 0 saturated heterocycles. The summed E-state index contributed by atoms with van der Waals surface area (Å²) in [4.78, 5) is 12.3. The molecule has 0 spiro atoms. The van der Waals surface area contributed by atoms with Crippen molar-refractivity contribution in [2.24, 2.45) is 5.92 Å². The monoisotopic (exact) mass is 260 g/mol. The van der Waals surface area contributed by atoms with E-state index in [1.807, 2.05) is 24.3 Å². The number of para-hydroxylation sites is 1. The Kier molecular flexibility index (Phi) is 5.44. The van der Waals surface area contributed by atoms with Crippen LogP contribution in [0, 0.1) is 5.92 Å². The summed E-state index contributed by atoms with van der Waals surface area (Å²) in [6.45, 7) is 2.79. The number of hydrogen-bond donors (Lipinski definition) is 0. The minimum absolute atomic E-state index is 0.0704. The molecule has 1 aliphatic heterocycles. The number of ketones is 1. The molecule has 2 heteroatoms. The van der Waals surface area contributed by atoms with Crippen molar-refractivity contribution in [1.82, 2.24) is 0 Å². The van der Waals surface area contributed by atoms with E-state index in [1.165, 1.54) is 32.1 Å². The van der Waals surface area contributed by atoms with Gasteiger partial charge < -0.3 is 4.74 Å². The third-order valence-electron chi connectivity index (χ3n) is 3.87. The van der Waals surface area contributed by atoms with Crippen LogP contribution >= 0.6 is 0 Å². The summed E-state index contributed by atoms with van der Waals surface area (Å²) >= 11 is 0. The Morgan fingerprint density at radius 2 is 1.84 bits per heavy atom. The Morgan fingerprint density at radius 3 is 2.68 bits per heavy atom. The lowest BCUT2D eigenvalue weighted by molar-refractivity contribution is 0.0817. The first-order valence-electron chi connectivity index (χ1n) is 7.59. The predicted octanol–water partition coefficient (Wildman–Crippen LogP) is 4.63. The van der Waals surface area contributed by atoms with Crippen molar-refractivity contribution in [3.63, 3.8) is 0 Å². The van der Waals surface area contributed by atoms with E-state index in [0.717, 1.165) is 24.2 Å². The Labute approximate surface area is 116 Å². The number of carbonyl (C=O) groups excluding carboxylic acids is 1. The fraction of sp³-hybridized carbons (Fsp3) is 0.588. The normalized spacial score (nSPS) is 17.9. The molecule has 19 heavy (non-hydrogen) atoms. The highest BCUT2D eigenvalue weighted by Crippen LogP contribution is 2.29. The van der Waals surface area contributed by atoms with E-state index in [1.54, 1.807) is 0 Å². The molecule has 0 fully saturated rings. The fourth-order valence-corrected chi connectivity index (χ4v) is 2.67. The van der Waals surface area contributed by atoms with E-state index in [-0.39, 0.29) is 11.7 Å². The average Bonchev–Trinajstić information content (AvgIpc) is 2.45. The summed E-state index contributed by atoms with van der Waals surface area (Å²) in [6, 6.07) is 7.59. The standard InChI is InChI=1S/C17H24O2/c1-2-3-4-5-6-7-10-14-13-19-16-12-9-8-11-15(16)17(14)18/h8-9,11-12,14H,2-7,10,13H2,1H3. The van der Waals surface area contributed by atoms with Crippen molar-refractivity contribution in [3.8, 4) is 5.75 Å². The number of carbonyl (C=O) groups is 1. The molecule has 0 saturated carbocycles. The minimum Gasteiger partial charge on any atom is -0.492 e. The van der Waals surface area contributed by atoms with Gasteiger partial charge in [0.15, 0.2) is 5.78 Å². The molecule has 1 aromatic carbocycles. The van der Waals surface area contributed by atoms with Gasteiger partial charge in [-0.1, -0.05) is 57.6 Å². The first-order chi connectivity index (χ1) is 9.33. The topological polar surface area (TPSA) is 26.3 Å². The Bertz CT molecular complexity index is 411. The highest BCUT2D eigenvalue weighted by Gasteiger charge is 2.27. The lowest BCUT2D eigenvalue weighted by atomic mass is 9.90. The summed E-state index contributed by atoms with van der Waals surface area (Å²) in [5.74, 6) is 1.10. The number of hydrogen-bond acceptors (Lipinski definition) is 2. The Balaban J connectivity index is 1.76. The van der Waals surface area contributed by atoms with Gasteiger partial charge in [0.25, 0.3) is 0 Å². The molecule has 1 heterocycles. The zero-order valence-corrected chi connectivity index (χ0v) is 11.9. The molecule has 0 amide bonds. The summed E-state index contributed by atoms with van der Waals surface area (Å²) in [7, 11) is 0. The maximum Gasteiger partial charge on any atom is 0.173 e. The van der Waals surface area contributed by atoms with Crippen LogP contribution in [-0.4, -0.2) is 12.4 Å². The van der Waals surface area contributed by atoms with Gasteiger partial charge in [0.2, 0.25) is 0 Å². The average molecular weight is 260 g/mol. The Hall–Kier alpha value is -1.31. The van der Waals surface area contributed by atoms with Crippen LogP contribution in [0.15, 0.2) is 24.3 Å². The first-order valence-corrected chi connectivity index (χ1v) is 7.59. The maximum atomic E-state index is 12.3. The second-order valence-corrected chi connectivity index (χ2v) is 5.42. The lowest BCUT2D eigenvalue weighted by Gasteiger charge is -2.23. The van der Waals surface area contributed by atoms with E-state index < -0.39 is 0 Å². The summed E-state index contributed by atoms with van der Waals surface area (Å²) in [5, 5.41) is 0. The highest BCUT2D eigenvalue weighted by atomic mass is 16.5. The smallest absolute Gasteiger partial charge is 0.173 e. The summed E-state index contributed by atoms with van der Waals surface area (Å²) in [6.07, 6.45) is 8.60. The molecule has 1 aromatic rings. The molecule has 0 aromatic heterocycles. The molecule has 1 unspecified atom stereocenters. The van der Waals surface area contributed by atoms with E-state index >= 15 is 0 Å². The van der Waals surface area contributed by atoms with Crippen molar-refractivity contribution in [3.05, 3.63) is 29.8 Å². The lowest BCUT2D eigenvalue weighted by Crippen LogP contribution is -2.27. The number of unbranched alkanes of at least 4 members (excludes halogenated alkanes) is 5. The van der Waals surface area contributed by atoms with Gasteiger partial charge in [0.05, 0.1) is 18.1 Å². The molecule has 104 valence electrons. The van der Waals surface area contributed by atoms with Crippen LogP contribution in [-0.2, 0) is 0 Å². The molecule has 0 N–H and O–H groups in total. The van der Waals surface area contributed by atoms with Crippen LogP contribution in [0.1, 0.15) is 62.2 Å². The number of fused-ring (bicyclic) bond motifs is 1. The van der Waals surface area contributed by atoms with Crippen LogP contribution in [0.4, 0.5) is 0 Å². The van der Waals surface area contributed by atoms with Crippen LogP contribution in [0.3, 0.4) is 0 Å². The van der Waals surface area contributed by atoms with Gasteiger partial charge >= 0.3 is 0 Å². The second-order valence-electron chi connectivity index (χ2n) is 5.42. The SMILES string of the molecule is CCCCCCCCC1COc2ccccc2C1=O. The van der Waals surface area contributed by atoms with Crippen molar-refractivity contribution < 1.29 is 9.53 Å². The van der Waals surface area contributed by atoms with Crippen molar-refractivity contribution >= 4 is 5.78 Å². The van der Waals surface area contributed by atoms with E-state index in [9.17, 15) is 4.79 Å². The van der Waals surface area contributed by atoms with Gasteiger partial charge in [-0.15, -0.1) is 0 Å². The number of ether oxygens (including phenoxy) is 1. The van der Waals surface area contributed by atoms with E-state index in [0.29, 0.717) is 6.61 Å². The largest absolute Gasteiger partial charge is 0.492 e.